The van der Waals surface area contributed by atoms with Crippen LogP contribution in [0.5, 0.6) is 0 Å². The number of aromatic nitrogens is 2. The number of carboxylic acids is 1. The maximum Gasteiger partial charge on any atom is 0.352 e. The third-order valence-corrected chi connectivity index (χ3v) is 5.45. The second kappa shape index (κ2) is 7.56. The van der Waals surface area contributed by atoms with Crippen molar-refractivity contribution < 1.29 is 14.7 Å². The highest BCUT2D eigenvalue weighted by atomic mass is 16.4. The van der Waals surface area contributed by atoms with Crippen LogP contribution in [0.2, 0.25) is 0 Å². The number of carboxylic acid groups (broad SMARTS) is 1. The topological polar surface area (TPSA) is 86.3 Å². The van der Waals surface area contributed by atoms with Gasteiger partial charge in [0.1, 0.15) is 11.4 Å². The molecule has 0 spiro atoms. The van der Waals surface area contributed by atoms with E-state index in [1.54, 1.807) is 18.3 Å². The Balaban J connectivity index is 1.59. The highest BCUT2D eigenvalue weighted by Crippen LogP contribution is 2.28. The molecule has 6 heteroatoms. The Labute approximate surface area is 163 Å². The molecule has 3 aromatic rings. The first-order valence-corrected chi connectivity index (χ1v) is 9.55. The molecule has 6 nitrogen and oxygen atoms in total. The van der Waals surface area contributed by atoms with Gasteiger partial charge in [0.2, 0.25) is 0 Å². The van der Waals surface area contributed by atoms with Crippen molar-refractivity contribution >= 4 is 22.7 Å². The molecule has 3 heterocycles. The van der Waals surface area contributed by atoms with Crippen LogP contribution < -0.4 is 0 Å². The highest BCUT2D eigenvalue weighted by Gasteiger charge is 2.29. The summed E-state index contributed by atoms with van der Waals surface area (Å²) in [6.07, 6.45) is 3.39. The van der Waals surface area contributed by atoms with Crippen molar-refractivity contribution in [3.8, 4) is 0 Å². The first-order valence-electron chi connectivity index (χ1n) is 9.55. The molecule has 2 N–H and O–H groups in total. The number of fused-ring (bicyclic) bond motifs is 1. The zero-order valence-corrected chi connectivity index (χ0v) is 15.8. The fraction of sp³-hybridized carbons (Fsp3) is 0.318. The fourth-order valence-corrected chi connectivity index (χ4v) is 4.06. The molecule has 1 aromatic carbocycles. The number of carbonyl (C=O) groups excluding carboxylic acids is 1. The van der Waals surface area contributed by atoms with Crippen LogP contribution in [0.1, 0.15) is 44.9 Å². The summed E-state index contributed by atoms with van der Waals surface area (Å²) in [6.45, 7) is 3.98. The maximum absolute atomic E-state index is 12.8. The van der Waals surface area contributed by atoms with E-state index in [1.807, 2.05) is 31.2 Å². The molecular weight excluding hydrogens is 354 g/mol. The molecule has 1 atom stereocenters. The number of aromatic amines is 1. The number of nitrogens with one attached hydrogen (secondary N) is 1. The summed E-state index contributed by atoms with van der Waals surface area (Å²) < 4.78 is 0. The zero-order chi connectivity index (χ0) is 19.7. The minimum Gasteiger partial charge on any atom is -0.477 e. The van der Waals surface area contributed by atoms with E-state index in [0.29, 0.717) is 18.8 Å². The van der Waals surface area contributed by atoms with Gasteiger partial charge in [0, 0.05) is 41.7 Å². The Hall–Kier alpha value is -2.99. The van der Waals surface area contributed by atoms with Crippen LogP contribution in [-0.2, 0) is 6.54 Å². The Morgan fingerprint density at radius 1 is 1.29 bits per heavy atom. The molecule has 28 heavy (non-hydrogen) atoms. The number of nitrogens with zero attached hydrogens (tertiary/aromatic N) is 2. The van der Waals surface area contributed by atoms with Gasteiger partial charge in [0.15, 0.2) is 5.78 Å². The van der Waals surface area contributed by atoms with E-state index < -0.39 is 5.97 Å². The van der Waals surface area contributed by atoms with Crippen LogP contribution >= 0.6 is 0 Å². The normalized spacial score (nSPS) is 17.7. The monoisotopic (exact) mass is 377 g/mol. The number of piperidine rings is 1. The van der Waals surface area contributed by atoms with E-state index in [-0.39, 0.29) is 17.4 Å². The predicted octanol–water partition coefficient (Wildman–Crippen LogP) is 3.66. The molecule has 1 saturated heterocycles. The summed E-state index contributed by atoms with van der Waals surface area (Å²) in [5, 5.41) is 10.6. The van der Waals surface area contributed by atoms with Gasteiger partial charge in [0.25, 0.3) is 0 Å². The molecular formula is C22H23N3O3. The van der Waals surface area contributed by atoms with Crippen LogP contribution in [0, 0.1) is 12.8 Å². The zero-order valence-electron chi connectivity index (χ0n) is 15.8. The van der Waals surface area contributed by atoms with Gasteiger partial charge in [-0.2, -0.15) is 0 Å². The summed E-state index contributed by atoms with van der Waals surface area (Å²) in [4.78, 5) is 34.0. The molecule has 0 amide bonds. The summed E-state index contributed by atoms with van der Waals surface area (Å²) in [5.74, 6) is -0.996. The van der Waals surface area contributed by atoms with Crippen LogP contribution in [0.3, 0.4) is 0 Å². The molecule has 0 aliphatic carbocycles. The van der Waals surface area contributed by atoms with Crippen LogP contribution in [0.15, 0.2) is 42.6 Å². The lowest BCUT2D eigenvalue weighted by atomic mass is 9.91. The van der Waals surface area contributed by atoms with Crippen molar-refractivity contribution in [3.05, 3.63) is 65.1 Å². The van der Waals surface area contributed by atoms with Crippen molar-refractivity contribution in [1.29, 1.82) is 0 Å². The van der Waals surface area contributed by atoms with Gasteiger partial charge in [-0.05, 0) is 50.6 Å². The van der Waals surface area contributed by atoms with E-state index >= 15 is 0 Å². The van der Waals surface area contributed by atoms with E-state index in [0.717, 1.165) is 41.4 Å². The van der Waals surface area contributed by atoms with E-state index in [2.05, 4.69) is 14.9 Å². The van der Waals surface area contributed by atoms with Gasteiger partial charge in [-0.1, -0.05) is 17.7 Å². The third-order valence-electron chi connectivity index (χ3n) is 5.45. The SMILES string of the molecule is Cc1ccc2[nH]c(C(=O)O)c(CN3CCCC(C(=O)c4ccccn4)C3)c2c1. The fourth-order valence-electron chi connectivity index (χ4n) is 4.06. The minimum absolute atomic E-state index is 0.0681. The molecule has 1 fully saturated rings. The van der Waals surface area contributed by atoms with Gasteiger partial charge in [0.05, 0.1) is 0 Å². The summed E-state index contributed by atoms with van der Waals surface area (Å²) in [5.41, 5.74) is 3.45. The Morgan fingerprint density at radius 3 is 2.89 bits per heavy atom. The molecule has 1 aliphatic rings. The van der Waals surface area contributed by atoms with Crippen LogP contribution in [0.4, 0.5) is 0 Å². The van der Waals surface area contributed by atoms with Gasteiger partial charge in [-0.25, -0.2) is 4.79 Å². The Morgan fingerprint density at radius 2 is 2.14 bits per heavy atom. The quantitative estimate of drug-likeness (QED) is 0.663. The third kappa shape index (κ3) is 3.55. The van der Waals surface area contributed by atoms with E-state index in [9.17, 15) is 14.7 Å². The van der Waals surface area contributed by atoms with Gasteiger partial charge in [-0.3, -0.25) is 14.7 Å². The second-order valence-corrected chi connectivity index (χ2v) is 7.49. The molecule has 1 aliphatic heterocycles. The van der Waals surface area contributed by atoms with Crippen molar-refractivity contribution in [1.82, 2.24) is 14.9 Å². The van der Waals surface area contributed by atoms with Crippen LogP contribution in [0.25, 0.3) is 10.9 Å². The summed E-state index contributed by atoms with van der Waals surface area (Å²) in [7, 11) is 0. The largest absolute Gasteiger partial charge is 0.477 e. The highest BCUT2D eigenvalue weighted by molar-refractivity contribution is 5.98. The smallest absolute Gasteiger partial charge is 0.352 e. The van der Waals surface area contributed by atoms with Gasteiger partial charge >= 0.3 is 5.97 Å². The predicted molar refractivity (Wildman–Crippen MR) is 107 cm³/mol. The minimum atomic E-state index is -0.957. The lowest BCUT2D eigenvalue weighted by Gasteiger charge is -2.31. The number of hydrogen-bond acceptors (Lipinski definition) is 4. The average molecular weight is 377 g/mol. The number of rotatable bonds is 5. The molecule has 1 unspecified atom stereocenters. The average Bonchev–Trinajstić information content (AvgIpc) is 3.06. The molecule has 4 rings (SSSR count). The Bertz CT molecular complexity index is 1030. The van der Waals surface area contributed by atoms with Crippen molar-refractivity contribution in [2.24, 2.45) is 5.92 Å². The molecule has 144 valence electrons. The van der Waals surface area contributed by atoms with E-state index in [4.69, 9.17) is 0 Å². The van der Waals surface area contributed by atoms with Crippen LogP contribution in [-0.4, -0.2) is 44.8 Å². The first-order chi connectivity index (χ1) is 13.5. The van der Waals surface area contributed by atoms with Gasteiger partial charge < -0.3 is 10.1 Å². The number of H-pyrrole nitrogens is 1. The molecule has 0 radical (unpaired) electrons. The van der Waals surface area contributed by atoms with Crippen molar-refractivity contribution in [2.45, 2.75) is 26.3 Å². The number of aromatic carboxylic acids is 1. The van der Waals surface area contributed by atoms with Gasteiger partial charge in [-0.15, -0.1) is 0 Å². The molecule has 0 bridgehead atoms. The number of ketones is 1. The number of benzene rings is 1. The molecule has 2 aromatic heterocycles. The maximum atomic E-state index is 12.8. The number of hydrogen-bond donors (Lipinski definition) is 2. The number of aryl methyl sites for hydroxylation is 1. The summed E-state index contributed by atoms with van der Waals surface area (Å²) in [6, 6.07) is 11.3. The second-order valence-electron chi connectivity index (χ2n) is 7.49. The standard InChI is InChI=1S/C22H23N3O3/c1-14-7-8-18-16(11-14)17(20(24-18)22(27)28)13-25-10-4-5-15(12-25)21(26)19-6-2-3-9-23-19/h2-3,6-9,11,15,24H,4-5,10,12-13H2,1H3,(H,27,28). The summed E-state index contributed by atoms with van der Waals surface area (Å²) >= 11 is 0. The number of carbonyl (C=O) groups is 2. The first kappa shape index (κ1) is 18.4. The Kier molecular flexibility index (Phi) is 4.96. The lowest BCUT2D eigenvalue weighted by Crippen LogP contribution is -2.38. The lowest BCUT2D eigenvalue weighted by molar-refractivity contribution is 0.0684. The van der Waals surface area contributed by atoms with Crippen molar-refractivity contribution in [2.75, 3.05) is 13.1 Å². The number of likely N-dealkylation sites (tertiary alicyclic amines) is 1. The molecule has 0 saturated carbocycles. The number of Topliss-reactive ketones (excluding diaryl/α,β-unsaturated/α-hetero) is 1. The van der Waals surface area contributed by atoms with Crippen molar-refractivity contribution in [3.63, 3.8) is 0 Å². The van der Waals surface area contributed by atoms with E-state index in [1.165, 1.54) is 0 Å². The number of pyridine rings is 1.